The zero-order valence-corrected chi connectivity index (χ0v) is 17.8. The van der Waals surface area contributed by atoms with Gasteiger partial charge in [-0.05, 0) is 37.6 Å². The first-order valence-corrected chi connectivity index (χ1v) is 10.8. The molecule has 0 aliphatic rings. The van der Waals surface area contributed by atoms with Gasteiger partial charge in [0.25, 0.3) is 0 Å². The van der Waals surface area contributed by atoms with Crippen molar-refractivity contribution in [3.8, 4) is 5.75 Å². The third-order valence-corrected chi connectivity index (χ3v) is 6.47. The number of amides is 1. The number of rotatable bonds is 9. The number of carbonyl (C=O) groups is 1. The summed E-state index contributed by atoms with van der Waals surface area (Å²) >= 11 is 6.12. The molecule has 0 N–H and O–H groups in total. The van der Waals surface area contributed by atoms with Crippen LogP contribution in [0.25, 0.3) is 0 Å². The second-order valence-electron chi connectivity index (χ2n) is 6.12. The number of carbonyl (C=O) groups excluding carboxylic acids is 1. The molecule has 152 valence electrons. The Morgan fingerprint density at radius 1 is 1.07 bits per heavy atom. The highest BCUT2D eigenvalue weighted by Gasteiger charge is 2.28. The van der Waals surface area contributed by atoms with E-state index in [-0.39, 0.29) is 28.9 Å². The number of hydrogen-bond acceptors (Lipinski definition) is 4. The van der Waals surface area contributed by atoms with E-state index < -0.39 is 10.0 Å². The molecular formula is C20H25ClN2O4S. The molecule has 0 fully saturated rings. The van der Waals surface area contributed by atoms with Crippen LogP contribution in [0.15, 0.2) is 53.4 Å². The number of nitrogens with zero attached hydrogens (tertiary/aromatic N) is 2. The maximum atomic E-state index is 13.3. The highest BCUT2D eigenvalue weighted by Crippen LogP contribution is 2.29. The third kappa shape index (κ3) is 5.25. The Morgan fingerprint density at radius 3 is 2.25 bits per heavy atom. The van der Waals surface area contributed by atoms with Gasteiger partial charge in [0, 0.05) is 19.6 Å². The van der Waals surface area contributed by atoms with Crippen molar-refractivity contribution in [1.82, 2.24) is 9.21 Å². The average molecular weight is 425 g/mol. The predicted molar refractivity (Wildman–Crippen MR) is 110 cm³/mol. The van der Waals surface area contributed by atoms with Crippen molar-refractivity contribution in [1.29, 1.82) is 0 Å². The quantitative estimate of drug-likeness (QED) is 0.618. The molecule has 0 spiro atoms. The lowest BCUT2D eigenvalue weighted by molar-refractivity contribution is -0.131. The molecule has 0 aromatic heterocycles. The molecule has 2 rings (SSSR count). The van der Waals surface area contributed by atoms with Gasteiger partial charge in [-0.15, -0.1) is 0 Å². The smallest absolute Gasteiger partial charge is 0.243 e. The number of methoxy groups -OCH3 is 1. The lowest BCUT2D eigenvalue weighted by atomic mass is 10.2. The molecule has 0 unspecified atom stereocenters. The van der Waals surface area contributed by atoms with Gasteiger partial charge in [0.05, 0.1) is 23.6 Å². The molecule has 0 radical (unpaired) electrons. The van der Waals surface area contributed by atoms with Crippen LogP contribution >= 0.6 is 11.6 Å². The normalized spacial score (nSPS) is 11.5. The summed E-state index contributed by atoms with van der Waals surface area (Å²) in [5.41, 5.74) is 0.790. The molecule has 0 aliphatic heterocycles. The Hall–Kier alpha value is -2.09. The van der Waals surface area contributed by atoms with Gasteiger partial charge in [0.1, 0.15) is 5.75 Å². The predicted octanol–water partition coefficient (Wildman–Crippen LogP) is 3.41. The third-order valence-electron chi connectivity index (χ3n) is 4.39. The maximum absolute atomic E-state index is 13.3. The fraction of sp³-hybridized carbons (Fsp3) is 0.350. The fourth-order valence-electron chi connectivity index (χ4n) is 2.80. The summed E-state index contributed by atoms with van der Waals surface area (Å²) in [5, 5.41) is 0.193. The van der Waals surface area contributed by atoms with Crippen molar-refractivity contribution in [2.24, 2.45) is 0 Å². The Bertz CT molecular complexity index is 900. The van der Waals surface area contributed by atoms with Gasteiger partial charge in [-0.3, -0.25) is 4.79 Å². The van der Waals surface area contributed by atoms with Crippen LogP contribution in [0.3, 0.4) is 0 Å². The van der Waals surface area contributed by atoms with Crippen molar-refractivity contribution in [2.75, 3.05) is 26.7 Å². The van der Waals surface area contributed by atoms with Crippen molar-refractivity contribution in [3.63, 3.8) is 0 Å². The molecule has 8 heteroatoms. The summed E-state index contributed by atoms with van der Waals surface area (Å²) in [6.07, 6.45) is 0. The Morgan fingerprint density at radius 2 is 1.71 bits per heavy atom. The topological polar surface area (TPSA) is 66.9 Å². The van der Waals surface area contributed by atoms with Crippen LogP contribution in [0.4, 0.5) is 0 Å². The number of hydrogen-bond donors (Lipinski definition) is 0. The fourth-order valence-corrected chi connectivity index (χ4v) is 4.52. The molecule has 6 nitrogen and oxygen atoms in total. The number of benzene rings is 2. The number of ether oxygens (including phenoxy) is 1. The zero-order chi connectivity index (χ0) is 20.7. The van der Waals surface area contributed by atoms with Gasteiger partial charge >= 0.3 is 0 Å². The lowest BCUT2D eigenvalue weighted by Gasteiger charge is -2.26. The minimum absolute atomic E-state index is 0.0154. The van der Waals surface area contributed by atoms with Crippen molar-refractivity contribution in [3.05, 3.63) is 59.1 Å². The summed E-state index contributed by atoms with van der Waals surface area (Å²) in [6, 6.07) is 13.4. The molecule has 2 aromatic carbocycles. The molecule has 0 saturated carbocycles. The summed E-state index contributed by atoms with van der Waals surface area (Å²) in [5.74, 6) is 0.138. The van der Waals surface area contributed by atoms with Crippen LogP contribution in [-0.4, -0.2) is 50.3 Å². The monoisotopic (exact) mass is 424 g/mol. The molecule has 2 aromatic rings. The molecule has 1 amide bonds. The van der Waals surface area contributed by atoms with Gasteiger partial charge in [0.15, 0.2) is 0 Å². The zero-order valence-electron chi connectivity index (χ0n) is 16.3. The van der Waals surface area contributed by atoms with Crippen LogP contribution < -0.4 is 4.74 Å². The standard InChI is InChI=1S/C20H25ClN2O4S/c1-4-22(5-2)20(24)15-23(14-16-9-7-6-8-10-16)28(25,26)17-11-12-19(27-3)18(21)13-17/h6-13H,4-5,14-15H2,1-3H3. The van der Waals surface area contributed by atoms with Crippen LogP contribution in [0, 0.1) is 0 Å². The molecule has 0 aliphatic carbocycles. The number of sulfonamides is 1. The molecule has 0 bridgehead atoms. The average Bonchev–Trinajstić information content (AvgIpc) is 2.69. The maximum Gasteiger partial charge on any atom is 0.243 e. The van der Waals surface area contributed by atoms with Crippen LogP contribution in [0.5, 0.6) is 5.75 Å². The second-order valence-corrected chi connectivity index (χ2v) is 8.47. The van der Waals surface area contributed by atoms with Gasteiger partial charge in [-0.25, -0.2) is 8.42 Å². The molecule has 28 heavy (non-hydrogen) atoms. The SMILES string of the molecule is CCN(CC)C(=O)CN(Cc1ccccc1)S(=O)(=O)c1ccc(OC)c(Cl)c1. The van der Waals surface area contributed by atoms with Crippen LogP contribution in [-0.2, 0) is 21.4 Å². The highest BCUT2D eigenvalue weighted by atomic mass is 35.5. The van der Waals surface area contributed by atoms with Gasteiger partial charge in [0.2, 0.25) is 15.9 Å². The van der Waals surface area contributed by atoms with Crippen molar-refractivity contribution >= 4 is 27.5 Å². The van der Waals surface area contributed by atoms with E-state index in [9.17, 15) is 13.2 Å². The van der Waals surface area contributed by atoms with E-state index in [1.165, 1.54) is 29.6 Å². The van der Waals surface area contributed by atoms with E-state index >= 15 is 0 Å². The molecular weight excluding hydrogens is 400 g/mol. The Balaban J connectivity index is 2.41. The van der Waals surface area contributed by atoms with E-state index in [1.54, 1.807) is 4.90 Å². The van der Waals surface area contributed by atoms with Crippen molar-refractivity contribution < 1.29 is 17.9 Å². The van der Waals surface area contributed by atoms with E-state index in [2.05, 4.69) is 0 Å². The first kappa shape index (κ1) is 22.2. The minimum atomic E-state index is -3.95. The molecule has 0 atom stereocenters. The van der Waals surface area contributed by atoms with E-state index in [1.807, 2.05) is 44.2 Å². The summed E-state index contributed by atoms with van der Waals surface area (Å²) in [4.78, 5) is 14.2. The number of likely N-dealkylation sites (N-methyl/N-ethyl adjacent to an activating group) is 1. The Kier molecular flexibility index (Phi) is 7.86. The molecule has 0 saturated heterocycles. The first-order valence-electron chi connectivity index (χ1n) is 8.98. The second kappa shape index (κ2) is 9.91. The summed E-state index contributed by atoms with van der Waals surface area (Å²) < 4.78 is 32.8. The highest BCUT2D eigenvalue weighted by molar-refractivity contribution is 7.89. The summed E-state index contributed by atoms with van der Waals surface area (Å²) in [6.45, 7) is 4.59. The van der Waals surface area contributed by atoms with E-state index in [0.29, 0.717) is 18.8 Å². The van der Waals surface area contributed by atoms with Gasteiger partial charge in [-0.1, -0.05) is 41.9 Å². The summed E-state index contributed by atoms with van der Waals surface area (Å²) in [7, 11) is -2.49. The lowest BCUT2D eigenvalue weighted by Crippen LogP contribution is -2.42. The van der Waals surface area contributed by atoms with Gasteiger partial charge in [-0.2, -0.15) is 4.31 Å². The largest absolute Gasteiger partial charge is 0.495 e. The molecule has 0 heterocycles. The van der Waals surface area contributed by atoms with Crippen molar-refractivity contribution in [2.45, 2.75) is 25.3 Å². The van der Waals surface area contributed by atoms with E-state index in [0.717, 1.165) is 5.56 Å². The van der Waals surface area contributed by atoms with Crippen LogP contribution in [0.1, 0.15) is 19.4 Å². The van der Waals surface area contributed by atoms with E-state index in [4.69, 9.17) is 16.3 Å². The van der Waals surface area contributed by atoms with Crippen LogP contribution in [0.2, 0.25) is 5.02 Å². The Labute approximate surface area is 171 Å². The van der Waals surface area contributed by atoms with Gasteiger partial charge < -0.3 is 9.64 Å². The first-order chi connectivity index (χ1) is 13.3. The number of halogens is 1. The minimum Gasteiger partial charge on any atom is -0.495 e.